The average molecular weight is 413 g/mol. The van der Waals surface area contributed by atoms with Gasteiger partial charge in [0.25, 0.3) is 5.91 Å². The van der Waals surface area contributed by atoms with Crippen LogP contribution in [-0.2, 0) is 0 Å². The number of hydrogen-bond donors (Lipinski definition) is 0. The Hall–Kier alpha value is -2.13. The summed E-state index contributed by atoms with van der Waals surface area (Å²) in [7, 11) is 0. The van der Waals surface area contributed by atoms with E-state index in [-0.39, 0.29) is 11.7 Å². The normalized spacial score (nSPS) is 15.9. The number of carbonyl (C=O) groups is 1. The van der Waals surface area contributed by atoms with E-state index in [1.165, 1.54) is 29.5 Å². The number of piperazine rings is 1. The zero-order valence-corrected chi connectivity index (χ0v) is 16.7. The van der Waals surface area contributed by atoms with Crippen LogP contribution in [0.3, 0.4) is 0 Å². The Morgan fingerprint density at radius 2 is 1.89 bits per heavy atom. The smallest absolute Gasteiger partial charge is 0.406 e. The quantitative estimate of drug-likeness (QED) is 0.754. The predicted molar refractivity (Wildman–Crippen MR) is 102 cm³/mol. The van der Waals surface area contributed by atoms with Crippen LogP contribution in [0.4, 0.5) is 13.2 Å². The largest absolute Gasteiger partial charge is 0.573 e. The summed E-state index contributed by atoms with van der Waals surface area (Å²) in [6.45, 7) is 8.96. The fourth-order valence-corrected chi connectivity index (χ4v) is 4.16. The Morgan fingerprint density at radius 3 is 2.50 bits per heavy atom. The number of thiazole rings is 1. The summed E-state index contributed by atoms with van der Waals surface area (Å²) in [5, 5.41) is 0.495. The minimum Gasteiger partial charge on any atom is -0.406 e. The molecule has 5 nitrogen and oxygen atoms in total. The van der Waals surface area contributed by atoms with Crippen LogP contribution in [0.2, 0.25) is 0 Å². The van der Waals surface area contributed by atoms with Gasteiger partial charge in [0.2, 0.25) is 0 Å². The molecular formula is C19H22F3N3O2S. The summed E-state index contributed by atoms with van der Waals surface area (Å²) in [5.41, 5.74) is 1.07. The third-order valence-corrected chi connectivity index (χ3v) is 5.83. The van der Waals surface area contributed by atoms with Gasteiger partial charge in [-0.3, -0.25) is 9.69 Å². The molecule has 9 heteroatoms. The van der Waals surface area contributed by atoms with E-state index in [1.807, 2.05) is 4.90 Å². The van der Waals surface area contributed by atoms with Crippen LogP contribution in [-0.4, -0.2) is 59.3 Å². The molecule has 0 spiro atoms. The van der Waals surface area contributed by atoms with E-state index < -0.39 is 6.36 Å². The molecule has 0 N–H and O–H groups in total. The molecule has 1 aliphatic rings. The summed E-state index contributed by atoms with van der Waals surface area (Å²) in [6.07, 6.45) is -4.75. The maximum absolute atomic E-state index is 12.9. The molecular weight excluding hydrogens is 391 g/mol. The van der Waals surface area contributed by atoms with E-state index in [2.05, 4.69) is 28.5 Å². The molecule has 0 bridgehead atoms. The van der Waals surface area contributed by atoms with Gasteiger partial charge in [0.1, 0.15) is 15.6 Å². The highest BCUT2D eigenvalue weighted by atomic mass is 32.1. The minimum atomic E-state index is -4.75. The second kappa shape index (κ2) is 8.08. The Morgan fingerprint density at radius 1 is 1.21 bits per heavy atom. The first-order valence-electron chi connectivity index (χ1n) is 9.01. The molecule has 1 amide bonds. The van der Waals surface area contributed by atoms with Crippen molar-refractivity contribution in [3.63, 3.8) is 0 Å². The van der Waals surface area contributed by atoms with Crippen molar-refractivity contribution in [2.75, 3.05) is 26.2 Å². The molecule has 0 unspecified atom stereocenters. The molecule has 1 aromatic heterocycles. The topological polar surface area (TPSA) is 45.7 Å². The number of aromatic nitrogens is 1. The van der Waals surface area contributed by atoms with Gasteiger partial charge >= 0.3 is 6.36 Å². The van der Waals surface area contributed by atoms with Crippen molar-refractivity contribution in [1.29, 1.82) is 0 Å². The standard InChI is InChI=1S/C19H22F3N3O2S/c1-12(2)24-7-9-25(10-8-24)18(26)16-13(3)23-17(28-16)14-5-4-6-15(11-14)27-19(20,21)22/h4-6,11-12H,7-10H2,1-3H3. The van der Waals surface area contributed by atoms with Gasteiger partial charge in [-0.05, 0) is 32.9 Å². The number of halogens is 3. The monoisotopic (exact) mass is 413 g/mol. The van der Waals surface area contributed by atoms with Gasteiger partial charge in [-0.15, -0.1) is 24.5 Å². The average Bonchev–Trinajstić information content (AvgIpc) is 3.02. The molecule has 152 valence electrons. The summed E-state index contributed by atoms with van der Waals surface area (Å²) >= 11 is 1.20. The van der Waals surface area contributed by atoms with Gasteiger partial charge in [0.15, 0.2) is 0 Å². The van der Waals surface area contributed by atoms with E-state index in [9.17, 15) is 18.0 Å². The first-order valence-corrected chi connectivity index (χ1v) is 9.82. The predicted octanol–water partition coefficient (Wildman–Crippen LogP) is 4.18. The molecule has 28 heavy (non-hydrogen) atoms. The van der Waals surface area contributed by atoms with Crippen LogP contribution in [0.15, 0.2) is 24.3 Å². The number of ether oxygens (including phenoxy) is 1. The number of alkyl halides is 3. The van der Waals surface area contributed by atoms with Gasteiger partial charge in [0.05, 0.1) is 5.69 Å². The zero-order valence-electron chi connectivity index (χ0n) is 15.9. The van der Waals surface area contributed by atoms with Gasteiger partial charge in [-0.1, -0.05) is 12.1 Å². The molecule has 0 aliphatic carbocycles. The molecule has 2 heterocycles. The maximum atomic E-state index is 12.9. The number of benzene rings is 1. The minimum absolute atomic E-state index is 0.0765. The van der Waals surface area contributed by atoms with Crippen molar-refractivity contribution in [2.24, 2.45) is 0 Å². The summed E-state index contributed by atoms with van der Waals surface area (Å²) in [4.78, 5) is 22.0. The lowest BCUT2D eigenvalue weighted by Gasteiger charge is -2.36. The fraction of sp³-hybridized carbons (Fsp3) is 0.474. The van der Waals surface area contributed by atoms with Crippen molar-refractivity contribution in [3.8, 4) is 16.3 Å². The number of hydrogen-bond acceptors (Lipinski definition) is 5. The molecule has 0 saturated carbocycles. The first kappa shape index (κ1) is 20.6. The third-order valence-electron chi connectivity index (χ3n) is 4.64. The van der Waals surface area contributed by atoms with Crippen LogP contribution < -0.4 is 4.74 Å². The lowest BCUT2D eigenvalue weighted by molar-refractivity contribution is -0.274. The SMILES string of the molecule is Cc1nc(-c2cccc(OC(F)(F)F)c2)sc1C(=O)N1CCN(C(C)C)CC1. The van der Waals surface area contributed by atoms with Gasteiger partial charge in [-0.2, -0.15) is 0 Å². The zero-order chi connectivity index (χ0) is 20.5. The lowest BCUT2D eigenvalue weighted by atomic mass is 10.2. The highest BCUT2D eigenvalue weighted by molar-refractivity contribution is 7.17. The van der Waals surface area contributed by atoms with Crippen molar-refractivity contribution >= 4 is 17.2 Å². The van der Waals surface area contributed by atoms with Crippen LogP contribution in [0.25, 0.3) is 10.6 Å². The van der Waals surface area contributed by atoms with Gasteiger partial charge < -0.3 is 9.64 Å². The van der Waals surface area contributed by atoms with E-state index in [0.29, 0.717) is 40.3 Å². The number of aryl methyl sites for hydroxylation is 1. The number of amides is 1. The van der Waals surface area contributed by atoms with Gasteiger partial charge in [0, 0.05) is 37.8 Å². The molecule has 1 saturated heterocycles. The van der Waals surface area contributed by atoms with E-state index >= 15 is 0 Å². The van der Waals surface area contributed by atoms with E-state index in [4.69, 9.17) is 0 Å². The molecule has 0 radical (unpaired) electrons. The Balaban J connectivity index is 1.77. The first-order chi connectivity index (χ1) is 13.1. The van der Waals surface area contributed by atoms with E-state index in [0.717, 1.165) is 13.1 Å². The van der Waals surface area contributed by atoms with E-state index in [1.54, 1.807) is 13.0 Å². The molecule has 1 aliphatic heterocycles. The molecule has 0 atom stereocenters. The number of carbonyl (C=O) groups excluding carboxylic acids is 1. The Kier molecular flexibility index (Phi) is 5.95. The molecule has 1 fully saturated rings. The third kappa shape index (κ3) is 4.82. The summed E-state index contributed by atoms with van der Waals surface area (Å²) < 4.78 is 41.3. The molecule has 3 rings (SSSR count). The lowest BCUT2D eigenvalue weighted by Crippen LogP contribution is -2.50. The van der Waals surface area contributed by atoms with Gasteiger partial charge in [-0.25, -0.2) is 4.98 Å². The highest BCUT2D eigenvalue weighted by Gasteiger charge is 2.31. The van der Waals surface area contributed by atoms with Crippen LogP contribution >= 0.6 is 11.3 Å². The van der Waals surface area contributed by atoms with Crippen LogP contribution in [0, 0.1) is 6.92 Å². The fourth-order valence-electron chi connectivity index (χ4n) is 3.13. The van der Waals surface area contributed by atoms with Crippen molar-refractivity contribution in [1.82, 2.24) is 14.8 Å². The second-order valence-corrected chi connectivity index (χ2v) is 7.93. The molecule has 2 aromatic rings. The van der Waals surface area contributed by atoms with Crippen LogP contribution in [0.5, 0.6) is 5.75 Å². The number of rotatable bonds is 4. The maximum Gasteiger partial charge on any atom is 0.573 e. The highest BCUT2D eigenvalue weighted by Crippen LogP contribution is 2.32. The Bertz CT molecular complexity index is 843. The van der Waals surface area contributed by atoms with Crippen molar-refractivity contribution in [2.45, 2.75) is 33.2 Å². The van der Waals surface area contributed by atoms with Crippen molar-refractivity contribution in [3.05, 3.63) is 34.8 Å². The Labute approximate surface area is 165 Å². The van der Waals surface area contributed by atoms with Crippen LogP contribution in [0.1, 0.15) is 29.2 Å². The second-order valence-electron chi connectivity index (χ2n) is 6.93. The van der Waals surface area contributed by atoms with Crippen molar-refractivity contribution < 1.29 is 22.7 Å². The summed E-state index contributed by atoms with van der Waals surface area (Å²) in [5.74, 6) is -0.386. The molecule has 1 aromatic carbocycles. The number of nitrogens with zero attached hydrogens (tertiary/aromatic N) is 3. The summed E-state index contributed by atoms with van der Waals surface area (Å²) in [6, 6.07) is 6.08.